The van der Waals surface area contributed by atoms with Gasteiger partial charge in [-0.15, -0.1) is 0 Å². The van der Waals surface area contributed by atoms with Gasteiger partial charge in [-0.3, -0.25) is 4.79 Å². The fourth-order valence-electron chi connectivity index (χ4n) is 3.46. The number of carbonyl (C=O) groups excluding carboxylic acids is 1. The molecular formula is C18H25ClN2O5S. The molecule has 0 amide bonds. The lowest BCUT2D eigenvalue weighted by Gasteiger charge is -2.31. The molecule has 0 saturated carbocycles. The summed E-state index contributed by atoms with van der Waals surface area (Å²) in [7, 11) is -3.57. The summed E-state index contributed by atoms with van der Waals surface area (Å²) in [6, 6.07) is 3.40. The molecule has 0 bridgehead atoms. The van der Waals surface area contributed by atoms with Crippen molar-refractivity contribution in [1.29, 1.82) is 0 Å². The summed E-state index contributed by atoms with van der Waals surface area (Å²) in [5.74, 6) is 0.111. The lowest BCUT2D eigenvalue weighted by Crippen LogP contribution is -2.44. The van der Waals surface area contributed by atoms with Crippen molar-refractivity contribution < 1.29 is 22.7 Å². The molecule has 0 aromatic carbocycles. The molecule has 0 unspecified atom stereocenters. The number of ether oxygens (including phenoxy) is 2. The Labute approximate surface area is 165 Å². The zero-order valence-electron chi connectivity index (χ0n) is 15.2. The molecule has 9 heteroatoms. The van der Waals surface area contributed by atoms with Crippen molar-refractivity contribution in [3.63, 3.8) is 0 Å². The number of aromatic nitrogens is 1. The Morgan fingerprint density at radius 2 is 1.93 bits per heavy atom. The number of pyridine rings is 1. The van der Waals surface area contributed by atoms with E-state index in [1.165, 1.54) is 10.5 Å². The van der Waals surface area contributed by atoms with Crippen LogP contribution in [0, 0.1) is 5.92 Å². The summed E-state index contributed by atoms with van der Waals surface area (Å²) in [6.07, 6.45) is 4.53. The van der Waals surface area contributed by atoms with Crippen LogP contribution in [-0.4, -0.2) is 61.7 Å². The number of hydrogen-bond donors (Lipinski definition) is 0. The molecule has 1 aromatic heterocycles. The van der Waals surface area contributed by atoms with Gasteiger partial charge in [-0.1, -0.05) is 11.6 Å². The number of hydrogen-bond acceptors (Lipinski definition) is 6. The van der Waals surface area contributed by atoms with Gasteiger partial charge in [0.2, 0.25) is 15.9 Å². The number of rotatable bonds is 7. The van der Waals surface area contributed by atoms with E-state index in [0.717, 1.165) is 12.8 Å². The molecule has 150 valence electrons. The van der Waals surface area contributed by atoms with Crippen LogP contribution in [0.2, 0.25) is 5.02 Å². The monoisotopic (exact) mass is 416 g/mol. The number of piperidine rings is 1. The van der Waals surface area contributed by atoms with Gasteiger partial charge in [0.15, 0.2) is 0 Å². The van der Waals surface area contributed by atoms with E-state index in [-0.39, 0.29) is 17.8 Å². The summed E-state index contributed by atoms with van der Waals surface area (Å²) in [4.78, 5) is 16.3. The summed E-state index contributed by atoms with van der Waals surface area (Å²) in [6.45, 7) is 2.01. The first-order valence-corrected chi connectivity index (χ1v) is 11.3. The zero-order chi connectivity index (χ0) is 19.3. The Balaban J connectivity index is 1.45. The largest absolute Gasteiger partial charge is 0.474 e. The standard InChI is InChI=1S/C18H25ClN2O5S/c19-15-1-2-18(20-12-15)26-17-3-7-21(8-4-17)27(23,24)13-16(22)11-14-5-9-25-10-6-14/h1-2,12,14,17H,3-11,13H2. The van der Waals surface area contributed by atoms with Gasteiger partial charge in [0.05, 0.1) is 5.02 Å². The van der Waals surface area contributed by atoms with Gasteiger partial charge < -0.3 is 9.47 Å². The molecule has 2 saturated heterocycles. The minimum atomic E-state index is -3.57. The second-order valence-corrected chi connectivity index (χ2v) is 9.49. The number of carbonyl (C=O) groups is 1. The van der Waals surface area contributed by atoms with Crippen LogP contribution in [-0.2, 0) is 19.6 Å². The van der Waals surface area contributed by atoms with Gasteiger partial charge in [0.25, 0.3) is 0 Å². The van der Waals surface area contributed by atoms with Gasteiger partial charge in [-0.05, 0) is 37.7 Å². The third-order valence-electron chi connectivity index (χ3n) is 4.98. The molecule has 0 N–H and O–H groups in total. The van der Waals surface area contributed by atoms with E-state index in [0.29, 0.717) is 56.5 Å². The minimum absolute atomic E-state index is 0.0944. The molecule has 3 heterocycles. The van der Waals surface area contributed by atoms with Crippen LogP contribution in [0.3, 0.4) is 0 Å². The Morgan fingerprint density at radius 1 is 1.22 bits per heavy atom. The molecule has 0 radical (unpaired) electrons. The maximum Gasteiger partial charge on any atom is 0.221 e. The van der Waals surface area contributed by atoms with Crippen molar-refractivity contribution in [2.45, 2.75) is 38.2 Å². The van der Waals surface area contributed by atoms with Crippen LogP contribution in [0.4, 0.5) is 0 Å². The van der Waals surface area contributed by atoms with Gasteiger partial charge >= 0.3 is 0 Å². The van der Waals surface area contributed by atoms with E-state index in [2.05, 4.69) is 4.98 Å². The quantitative estimate of drug-likeness (QED) is 0.677. The van der Waals surface area contributed by atoms with Crippen molar-refractivity contribution in [2.24, 2.45) is 5.92 Å². The van der Waals surface area contributed by atoms with Crippen LogP contribution in [0.15, 0.2) is 18.3 Å². The van der Waals surface area contributed by atoms with Crippen molar-refractivity contribution in [3.8, 4) is 5.88 Å². The van der Waals surface area contributed by atoms with Crippen LogP contribution < -0.4 is 4.74 Å². The number of ketones is 1. The summed E-state index contributed by atoms with van der Waals surface area (Å²) < 4.78 is 37.6. The third kappa shape index (κ3) is 6.14. The van der Waals surface area contributed by atoms with Gasteiger partial charge in [-0.25, -0.2) is 17.7 Å². The fourth-order valence-corrected chi connectivity index (χ4v) is 5.04. The van der Waals surface area contributed by atoms with E-state index >= 15 is 0 Å². The SMILES string of the molecule is O=C(CC1CCOCC1)CS(=O)(=O)N1CCC(Oc2ccc(Cl)cn2)CC1. The number of nitrogens with zero attached hydrogens (tertiary/aromatic N) is 2. The predicted octanol–water partition coefficient (Wildman–Crippen LogP) is 2.29. The van der Waals surface area contributed by atoms with Crippen LogP contribution in [0.1, 0.15) is 32.1 Å². The summed E-state index contributed by atoms with van der Waals surface area (Å²) in [5, 5.41) is 0.536. The smallest absolute Gasteiger partial charge is 0.221 e. The van der Waals surface area contributed by atoms with E-state index < -0.39 is 15.8 Å². The van der Waals surface area contributed by atoms with E-state index in [1.807, 2.05) is 0 Å². The zero-order valence-corrected chi connectivity index (χ0v) is 16.8. The Kier molecular flexibility index (Phi) is 7.08. The Morgan fingerprint density at radius 3 is 2.56 bits per heavy atom. The van der Waals surface area contributed by atoms with Crippen LogP contribution >= 0.6 is 11.6 Å². The van der Waals surface area contributed by atoms with Gasteiger partial charge in [0.1, 0.15) is 17.6 Å². The van der Waals surface area contributed by atoms with E-state index in [4.69, 9.17) is 21.1 Å². The van der Waals surface area contributed by atoms with Crippen LogP contribution in [0.5, 0.6) is 5.88 Å². The first kappa shape index (κ1) is 20.5. The van der Waals surface area contributed by atoms with Gasteiger partial charge in [-0.2, -0.15) is 0 Å². The molecule has 1 aromatic rings. The van der Waals surface area contributed by atoms with Crippen molar-refractivity contribution in [2.75, 3.05) is 32.1 Å². The normalized spacial score (nSPS) is 20.5. The molecule has 2 aliphatic rings. The second kappa shape index (κ2) is 9.32. The maximum absolute atomic E-state index is 12.6. The number of halogens is 1. The van der Waals surface area contributed by atoms with Crippen molar-refractivity contribution in [1.82, 2.24) is 9.29 Å². The average Bonchev–Trinajstić information content (AvgIpc) is 2.64. The molecule has 0 spiro atoms. The molecule has 2 fully saturated rings. The molecule has 2 aliphatic heterocycles. The highest BCUT2D eigenvalue weighted by Gasteiger charge is 2.31. The molecule has 7 nitrogen and oxygen atoms in total. The van der Waals surface area contributed by atoms with Crippen LogP contribution in [0.25, 0.3) is 0 Å². The fraction of sp³-hybridized carbons (Fsp3) is 0.667. The molecule has 0 atom stereocenters. The Hall–Kier alpha value is -1.22. The maximum atomic E-state index is 12.6. The van der Waals surface area contributed by atoms with E-state index in [1.54, 1.807) is 12.1 Å². The molecule has 3 rings (SSSR count). The first-order valence-electron chi connectivity index (χ1n) is 9.28. The second-order valence-electron chi connectivity index (χ2n) is 7.09. The summed E-state index contributed by atoms with van der Waals surface area (Å²) >= 11 is 5.80. The highest BCUT2D eigenvalue weighted by Crippen LogP contribution is 2.22. The average molecular weight is 417 g/mol. The molecular weight excluding hydrogens is 392 g/mol. The highest BCUT2D eigenvalue weighted by atomic mass is 35.5. The van der Waals surface area contributed by atoms with E-state index in [9.17, 15) is 13.2 Å². The number of sulfonamides is 1. The van der Waals surface area contributed by atoms with Gasteiger partial charge in [0, 0.05) is 45.0 Å². The third-order valence-corrected chi connectivity index (χ3v) is 7.04. The first-order chi connectivity index (χ1) is 12.9. The molecule has 27 heavy (non-hydrogen) atoms. The molecule has 0 aliphatic carbocycles. The minimum Gasteiger partial charge on any atom is -0.474 e. The lowest BCUT2D eigenvalue weighted by molar-refractivity contribution is -0.118. The Bertz CT molecular complexity index is 727. The van der Waals surface area contributed by atoms with Crippen molar-refractivity contribution in [3.05, 3.63) is 23.4 Å². The number of Topliss-reactive ketones (excluding diaryl/α,β-unsaturated/α-hetero) is 1. The predicted molar refractivity (Wildman–Crippen MR) is 101 cm³/mol. The lowest BCUT2D eigenvalue weighted by atomic mass is 9.95. The highest BCUT2D eigenvalue weighted by molar-refractivity contribution is 7.89. The topological polar surface area (TPSA) is 85.8 Å². The summed E-state index contributed by atoms with van der Waals surface area (Å²) in [5.41, 5.74) is 0. The van der Waals surface area contributed by atoms with Crippen molar-refractivity contribution >= 4 is 27.4 Å².